The molecule has 0 aliphatic carbocycles. The number of benzene rings is 2. The maximum absolute atomic E-state index is 12.8. The lowest BCUT2D eigenvalue weighted by molar-refractivity contribution is -0.122. The number of aromatic amines is 1. The number of aromatic nitrogens is 1. The summed E-state index contributed by atoms with van der Waals surface area (Å²) in [6, 6.07) is 14.3. The van der Waals surface area contributed by atoms with E-state index < -0.39 is 0 Å². The van der Waals surface area contributed by atoms with Crippen LogP contribution >= 0.6 is 0 Å². The number of fused-ring (bicyclic) bond motifs is 2. The molecule has 5 heteroatoms. The van der Waals surface area contributed by atoms with Crippen LogP contribution in [0.15, 0.2) is 48.7 Å². The van der Waals surface area contributed by atoms with Gasteiger partial charge in [-0.2, -0.15) is 0 Å². The summed E-state index contributed by atoms with van der Waals surface area (Å²) in [6.07, 6.45) is 2.39. The van der Waals surface area contributed by atoms with Crippen molar-refractivity contribution in [3.05, 3.63) is 59.8 Å². The summed E-state index contributed by atoms with van der Waals surface area (Å²) in [5.41, 5.74) is 3.22. The third-order valence-electron chi connectivity index (χ3n) is 5.57. The topological polar surface area (TPSA) is 63.4 Å². The third-order valence-corrected chi connectivity index (χ3v) is 5.57. The second-order valence-corrected chi connectivity index (χ2v) is 7.76. The van der Waals surface area contributed by atoms with E-state index in [0.717, 1.165) is 33.5 Å². The summed E-state index contributed by atoms with van der Waals surface area (Å²) in [6.45, 7) is 6.51. The number of amides is 1. The van der Waals surface area contributed by atoms with Gasteiger partial charge in [0.15, 0.2) is 11.5 Å². The Morgan fingerprint density at radius 3 is 2.71 bits per heavy atom. The molecule has 0 radical (unpaired) electrons. The first kappa shape index (κ1) is 18.4. The number of nitrogens with one attached hydrogen (secondary N) is 2. The van der Waals surface area contributed by atoms with Crippen LogP contribution < -0.4 is 14.8 Å². The van der Waals surface area contributed by atoms with Crippen LogP contribution in [0.2, 0.25) is 0 Å². The van der Waals surface area contributed by atoms with Crippen molar-refractivity contribution < 1.29 is 14.3 Å². The summed E-state index contributed by atoms with van der Waals surface area (Å²) >= 11 is 0. The molecule has 3 aromatic rings. The fourth-order valence-corrected chi connectivity index (χ4v) is 3.58. The van der Waals surface area contributed by atoms with E-state index >= 15 is 0 Å². The molecule has 1 aliphatic heterocycles. The molecule has 2 heterocycles. The van der Waals surface area contributed by atoms with E-state index in [1.807, 2.05) is 43.5 Å². The molecule has 2 N–H and O–H groups in total. The smallest absolute Gasteiger partial charge is 0.231 e. The van der Waals surface area contributed by atoms with Crippen molar-refractivity contribution in [1.29, 1.82) is 0 Å². The molecule has 1 aromatic heterocycles. The van der Waals surface area contributed by atoms with Crippen LogP contribution in [-0.2, 0) is 4.79 Å². The summed E-state index contributed by atoms with van der Waals surface area (Å²) in [4.78, 5) is 16.2. The molecule has 4 rings (SSSR count). The molecule has 0 fully saturated rings. The largest absolute Gasteiger partial charge is 0.454 e. The fourth-order valence-electron chi connectivity index (χ4n) is 3.58. The van der Waals surface area contributed by atoms with Crippen LogP contribution in [0.25, 0.3) is 10.9 Å². The summed E-state index contributed by atoms with van der Waals surface area (Å²) < 4.78 is 11.0. The molecule has 0 unspecified atom stereocenters. The molecule has 0 saturated heterocycles. The van der Waals surface area contributed by atoms with Gasteiger partial charge in [0.25, 0.3) is 0 Å². The van der Waals surface area contributed by atoms with Crippen molar-refractivity contribution >= 4 is 16.8 Å². The van der Waals surface area contributed by atoms with Crippen LogP contribution in [-0.4, -0.2) is 23.7 Å². The van der Waals surface area contributed by atoms with Gasteiger partial charge in [-0.25, -0.2) is 0 Å². The van der Waals surface area contributed by atoms with Gasteiger partial charge in [0.2, 0.25) is 12.7 Å². The van der Waals surface area contributed by atoms with E-state index in [4.69, 9.17) is 9.47 Å². The maximum atomic E-state index is 12.8. The van der Waals surface area contributed by atoms with Crippen molar-refractivity contribution in [1.82, 2.24) is 10.3 Å². The van der Waals surface area contributed by atoms with E-state index in [2.05, 4.69) is 36.3 Å². The molecule has 2 aromatic carbocycles. The van der Waals surface area contributed by atoms with Gasteiger partial charge in [-0.1, -0.05) is 38.1 Å². The van der Waals surface area contributed by atoms with Crippen LogP contribution in [0.4, 0.5) is 0 Å². The van der Waals surface area contributed by atoms with Crippen LogP contribution in [0.1, 0.15) is 44.2 Å². The second-order valence-electron chi connectivity index (χ2n) is 7.76. The van der Waals surface area contributed by atoms with E-state index in [-0.39, 0.29) is 24.7 Å². The molecule has 5 nitrogen and oxygen atoms in total. The van der Waals surface area contributed by atoms with E-state index in [0.29, 0.717) is 12.3 Å². The lowest BCUT2D eigenvalue weighted by atomic mass is 9.87. The fraction of sp³-hybridized carbons (Fsp3) is 0.348. The standard InChI is InChI=1S/C23H26N2O3/c1-14(2)15(3)25-23(26)11-18(16-8-9-21-22(10-16)28-13-27-21)19-12-24-20-7-5-4-6-17(19)20/h4-10,12,14-15,18,24H,11,13H2,1-3H3,(H,25,26)/t15-,18+/m1/s1. The first-order valence-corrected chi connectivity index (χ1v) is 9.78. The Labute approximate surface area is 165 Å². The number of hydrogen-bond acceptors (Lipinski definition) is 3. The van der Waals surface area contributed by atoms with Crippen molar-refractivity contribution in [3.63, 3.8) is 0 Å². The van der Waals surface area contributed by atoms with Gasteiger partial charge in [0.1, 0.15) is 0 Å². The van der Waals surface area contributed by atoms with Crippen molar-refractivity contribution in [2.45, 2.75) is 39.2 Å². The molecule has 0 spiro atoms. The number of carbonyl (C=O) groups is 1. The minimum atomic E-state index is -0.0787. The third kappa shape index (κ3) is 3.57. The van der Waals surface area contributed by atoms with Gasteiger partial charge in [0, 0.05) is 35.5 Å². The van der Waals surface area contributed by atoms with Crippen molar-refractivity contribution in [3.8, 4) is 11.5 Å². The van der Waals surface area contributed by atoms with E-state index in [9.17, 15) is 4.79 Å². The molecule has 28 heavy (non-hydrogen) atoms. The van der Waals surface area contributed by atoms with Crippen LogP contribution in [0.5, 0.6) is 11.5 Å². The Bertz CT molecular complexity index is 992. The molecule has 0 bridgehead atoms. The first-order valence-electron chi connectivity index (χ1n) is 9.78. The van der Waals surface area contributed by atoms with Gasteiger partial charge in [-0.3, -0.25) is 4.79 Å². The Morgan fingerprint density at radius 2 is 1.89 bits per heavy atom. The number of ether oxygens (including phenoxy) is 2. The molecule has 0 saturated carbocycles. The zero-order valence-corrected chi connectivity index (χ0v) is 16.5. The van der Waals surface area contributed by atoms with E-state index in [1.165, 1.54) is 0 Å². The van der Waals surface area contributed by atoms with E-state index in [1.54, 1.807) is 0 Å². The Balaban J connectivity index is 1.70. The zero-order chi connectivity index (χ0) is 19.7. The highest BCUT2D eigenvalue weighted by molar-refractivity contribution is 5.86. The Kier molecular flexibility index (Phi) is 4.99. The molecule has 2 atom stereocenters. The second kappa shape index (κ2) is 7.58. The normalized spacial score (nSPS) is 15.0. The lowest BCUT2D eigenvalue weighted by Gasteiger charge is -2.21. The number of para-hydroxylation sites is 1. The molecule has 146 valence electrons. The van der Waals surface area contributed by atoms with Gasteiger partial charge >= 0.3 is 0 Å². The van der Waals surface area contributed by atoms with Gasteiger partial charge in [0.05, 0.1) is 0 Å². The minimum absolute atomic E-state index is 0.0501. The molecule has 1 amide bonds. The Hall–Kier alpha value is -2.95. The van der Waals surface area contributed by atoms with Crippen molar-refractivity contribution in [2.75, 3.05) is 6.79 Å². The van der Waals surface area contributed by atoms with Crippen LogP contribution in [0, 0.1) is 5.92 Å². The average molecular weight is 378 g/mol. The number of H-pyrrole nitrogens is 1. The Morgan fingerprint density at radius 1 is 1.11 bits per heavy atom. The SMILES string of the molecule is CC(C)[C@@H](C)NC(=O)C[C@@H](c1ccc2c(c1)OCO2)c1c[nH]c2ccccc12. The highest BCUT2D eigenvalue weighted by Crippen LogP contribution is 2.39. The average Bonchev–Trinajstić information content (AvgIpc) is 3.32. The highest BCUT2D eigenvalue weighted by atomic mass is 16.7. The van der Waals surface area contributed by atoms with Gasteiger partial charge < -0.3 is 19.8 Å². The van der Waals surface area contributed by atoms with Gasteiger partial charge in [-0.05, 0) is 42.2 Å². The van der Waals surface area contributed by atoms with Crippen LogP contribution in [0.3, 0.4) is 0 Å². The summed E-state index contributed by atoms with van der Waals surface area (Å²) in [5.74, 6) is 1.85. The van der Waals surface area contributed by atoms with Crippen molar-refractivity contribution in [2.24, 2.45) is 5.92 Å². The first-order chi connectivity index (χ1) is 13.5. The molecular weight excluding hydrogens is 352 g/mol. The maximum Gasteiger partial charge on any atom is 0.231 e. The van der Waals surface area contributed by atoms with Gasteiger partial charge in [-0.15, -0.1) is 0 Å². The lowest BCUT2D eigenvalue weighted by Crippen LogP contribution is -2.36. The summed E-state index contributed by atoms with van der Waals surface area (Å²) in [5, 5.41) is 4.27. The highest BCUT2D eigenvalue weighted by Gasteiger charge is 2.25. The zero-order valence-electron chi connectivity index (χ0n) is 16.5. The molecular formula is C23H26N2O3. The minimum Gasteiger partial charge on any atom is -0.454 e. The number of carbonyl (C=O) groups excluding carboxylic acids is 1. The predicted octanol–water partition coefficient (Wildman–Crippen LogP) is 4.58. The quantitative estimate of drug-likeness (QED) is 0.660. The summed E-state index contributed by atoms with van der Waals surface area (Å²) in [7, 11) is 0. The number of rotatable bonds is 6. The number of hydrogen-bond donors (Lipinski definition) is 2. The monoisotopic (exact) mass is 378 g/mol. The molecule has 1 aliphatic rings. The predicted molar refractivity (Wildman–Crippen MR) is 110 cm³/mol.